The van der Waals surface area contributed by atoms with Crippen molar-refractivity contribution in [3.63, 3.8) is 0 Å². The van der Waals surface area contributed by atoms with Crippen LogP contribution in [0.15, 0.2) is 48.5 Å². The average molecular weight is 451 g/mol. The normalized spacial score (nSPS) is 22.2. The molecule has 2 fully saturated rings. The lowest BCUT2D eigenvalue weighted by atomic mass is 9.90. The van der Waals surface area contributed by atoms with Crippen molar-refractivity contribution in [3.8, 4) is 0 Å². The third-order valence-corrected chi connectivity index (χ3v) is 7.82. The number of nitrogen functional groups attached to an aromatic ring is 1. The second-order valence-corrected chi connectivity index (χ2v) is 10.00. The molecule has 0 spiro atoms. The number of piperidine rings is 2. The summed E-state index contributed by atoms with van der Waals surface area (Å²) < 4.78 is 15.7. The highest BCUT2D eigenvalue weighted by atomic mass is 19.1. The Balaban J connectivity index is 1.11. The van der Waals surface area contributed by atoms with Gasteiger partial charge >= 0.3 is 0 Å². The number of likely N-dealkylation sites (tertiary alicyclic amines) is 2. The molecular formula is C27H35FN4O. The number of anilines is 1. The third kappa shape index (κ3) is 4.92. The lowest BCUT2D eigenvalue weighted by Crippen LogP contribution is -2.55. The minimum atomic E-state index is -1.72. The Kier molecular flexibility index (Phi) is 6.39. The van der Waals surface area contributed by atoms with Crippen LogP contribution >= 0.6 is 0 Å². The largest absolute Gasteiger partial charge is 0.399 e. The van der Waals surface area contributed by atoms with E-state index in [0.717, 1.165) is 50.1 Å². The minimum absolute atomic E-state index is 0.275. The zero-order valence-electron chi connectivity index (χ0n) is 19.4. The van der Waals surface area contributed by atoms with Crippen LogP contribution in [0.25, 0.3) is 0 Å². The summed E-state index contributed by atoms with van der Waals surface area (Å²) in [5.41, 5.74) is 8.92. The molecule has 0 radical (unpaired) electrons. The number of benzene rings is 2. The van der Waals surface area contributed by atoms with Gasteiger partial charge in [-0.2, -0.15) is 0 Å². The molecule has 176 valence electrons. The molecule has 6 heteroatoms. The standard InChI is InChI=1S/C27H35FN4O/c28-27(11-16-30(17-12-27)19-21-4-3-7-24(29)18-21)26(33)31-14-9-25(10-15-31)32-13-8-22-5-1-2-6-23(22)20-32/h1-7,18,25H,8-17,19-20,29H2. The molecule has 0 aliphatic carbocycles. The van der Waals surface area contributed by atoms with E-state index in [9.17, 15) is 4.79 Å². The van der Waals surface area contributed by atoms with E-state index >= 15 is 4.39 Å². The number of nitrogens with zero attached hydrogens (tertiary/aromatic N) is 3. The first-order chi connectivity index (χ1) is 16.0. The topological polar surface area (TPSA) is 52.8 Å². The number of hydrogen-bond acceptors (Lipinski definition) is 4. The molecule has 2 N–H and O–H groups in total. The summed E-state index contributed by atoms with van der Waals surface area (Å²) in [6, 6.07) is 17.0. The Hall–Kier alpha value is -2.44. The van der Waals surface area contributed by atoms with Gasteiger partial charge in [-0.3, -0.25) is 14.6 Å². The Bertz CT molecular complexity index is 980. The van der Waals surface area contributed by atoms with Crippen LogP contribution in [0.5, 0.6) is 0 Å². The van der Waals surface area contributed by atoms with Gasteiger partial charge in [-0.05, 0) is 48.1 Å². The summed E-state index contributed by atoms with van der Waals surface area (Å²) in [6.07, 6.45) is 3.51. The molecule has 5 nitrogen and oxygen atoms in total. The van der Waals surface area contributed by atoms with Crippen molar-refractivity contribution in [3.05, 3.63) is 65.2 Å². The summed E-state index contributed by atoms with van der Waals surface area (Å²) in [5, 5.41) is 0. The number of amides is 1. The van der Waals surface area contributed by atoms with E-state index in [1.807, 2.05) is 24.3 Å². The van der Waals surface area contributed by atoms with Crippen molar-refractivity contribution < 1.29 is 9.18 Å². The van der Waals surface area contributed by atoms with E-state index < -0.39 is 5.67 Å². The highest BCUT2D eigenvalue weighted by Gasteiger charge is 2.45. The van der Waals surface area contributed by atoms with Crippen LogP contribution in [-0.4, -0.2) is 65.0 Å². The van der Waals surface area contributed by atoms with E-state index in [0.29, 0.717) is 32.2 Å². The van der Waals surface area contributed by atoms with Gasteiger partial charge in [-0.25, -0.2) is 4.39 Å². The molecule has 3 aliphatic heterocycles. The molecule has 2 aromatic rings. The van der Waals surface area contributed by atoms with E-state index in [-0.39, 0.29) is 18.7 Å². The number of alkyl halides is 1. The van der Waals surface area contributed by atoms with Crippen molar-refractivity contribution in [2.75, 3.05) is 38.5 Å². The molecule has 3 heterocycles. The van der Waals surface area contributed by atoms with Gasteiger partial charge in [0.05, 0.1) is 0 Å². The molecular weight excluding hydrogens is 415 g/mol. The van der Waals surface area contributed by atoms with Crippen LogP contribution < -0.4 is 5.73 Å². The maximum atomic E-state index is 15.7. The molecule has 3 aliphatic rings. The molecule has 2 saturated heterocycles. The first-order valence-corrected chi connectivity index (χ1v) is 12.4. The number of rotatable bonds is 4. The maximum absolute atomic E-state index is 15.7. The van der Waals surface area contributed by atoms with Crippen LogP contribution in [0.1, 0.15) is 42.4 Å². The van der Waals surface area contributed by atoms with Crippen LogP contribution in [0, 0.1) is 0 Å². The minimum Gasteiger partial charge on any atom is -0.399 e. The van der Waals surface area contributed by atoms with Gasteiger partial charge in [0.25, 0.3) is 5.91 Å². The number of carbonyl (C=O) groups is 1. The van der Waals surface area contributed by atoms with Gasteiger partial charge in [-0.15, -0.1) is 0 Å². The van der Waals surface area contributed by atoms with Gasteiger partial charge in [0.1, 0.15) is 0 Å². The van der Waals surface area contributed by atoms with E-state index in [2.05, 4.69) is 34.1 Å². The first kappa shape index (κ1) is 22.4. The van der Waals surface area contributed by atoms with Crippen molar-refractivity contribution in [2.24, 2.45) is 0 Å². The van der Waals surface area contributed by atoms with Crippen LogP contribution in [0.4, 0.5) is 10.1 Å². The van der Waals surface area contributed by atoms with Crippen molar-refractivity contribution in [2.45, 2.75) is 56.9 Å². The highest BCUT2D eigenvalue weighted by molar-refractivity contribution is 5.85. The van der Waals surface area contributed by atoms with E-state index in [1.165, 1.54) is 11.1 Å². The van der Waals surface area contributed by atoms with Gasteiger partial charge in [-0.1, -0.05) is 36.4 Å². The lowest BCUT2D eigenvalue weighted by molar-refractivity contribution is -0.149. The first-order valence-electron chi connectivity index (χ1n) is 12.4. The van der Waals surface area contributed by atoms with Crippen molar-refractivity contribution in [1.29, 1.82) is 0 Å². The fourth-order valence-corrected chi connectivity index (χ4v) is 5.78. The van der Waals surface area contributed by atoms with Crippen molar-refractivity contribution in [1.82, 2.24) is 14.7 Å². The van der Waals surface area contributed by atoms with Gasteiger partial charge in [0.2, 0.25) is 0 Å². The monoisotopic (exact) mass is 450 g/mol. The predicted molar refractivity (Wildman–Crippen MR) is 129 cm³/mol. The molecule has 33 heavy (non-hydrogen) atoms. The van der Waals surface area contributed by atoms with E-state index in [4.69, 9.17) is 5.73 Å². The zero-order chi connectivity index (χ0) is 22.8. The Labute approximate surface area is 196 Å². The second kappa shape index (κ2) is 9.43. The maximum Gasteiger partial charge on any atom is 0.260 e. The molecule has 0 aromatic heterocycles. The highest BCUT2D eigenvalue weighted by Crippen LogP contribution is 2.32. The SMILES string of the molecule is Nc1cccc(CN2CCC(F)(C(=O)N3CCC(N4CCc5ccccc5C4)CC3)CC2)c1. The summed E-state index contributed by atoms with van der Waals surface area (Å²) in [7, 11) is 0. The number of nitrogens with two attached hydrogens (primary N) is 1. The summed E-state index contributed by atoms with van der Waals surface area (Å²) in [4.78, 5) is 19.7. The quantitative estimate of drug-likeness (QED) is 0.723. The predicted octanol–water partition coefficient (Wildman–Crippen LogP) is 3.62. The van der Waals surface area contributed by atoms with Gasteiger partial charge in [0.15, 0.2) is 5.67 Å². The van der Waals surface area contributed by atoms with Gasteiger partial charge < -0.3 is 10.6 Å². The summed E-state index contributed by atoms with van der Waals surface area (Å²) in [5.74, 6) is -0.284. The summed E-state index contributed by atoms with van der Waals surface area (Å²) in [6.45, 7) is 5.35. The lowest BCUT2D eigenvalue weighted by Gasteiger charge is -2.43. The molecule has 0 saturated carbocycles. The van der Waals surface area contributed by atoms with Crippen LogP contribution in [0.2, 0.25) is 0 Å². The van der Waals surface area contributed by atoms with E-state index in [1.54, 1.807) is 4.90 Å². The van der Waals surface area contributed by atoms with Crippen molar-refractivity contribution >= 4 is 11.6 Å². The zero-order valence-corrected chi connectivity index (χ0v) is 19.4. The van der Waals surface area contributed by atoms with Crippen LogP contribution in [0.3, 0.4) is 0 Å². The Morgan fingerprint density at radius 2 is 1.70 bits per heavy atom. The number of carbonyl (C=O) groups excluding carboxylic acids is 1. The number of halogens is 1. The fourth-order valence-electron chi connectivity index (χ4n) is 5.78. The molecule has 1 amide bonds. The molecule has 0 bridgehead atoms. The van der Waals surface area contributed by atoms with Crippen LogP contribution in [-0.2, 0) is 24.3 Å². The summed E-state index contributed by atoms with van der Waals surface area (Å²) >= 11 is 0. The van der Waals surface area contributed by atoms with Gasteiger partial charge in [0, 0.05) is 70.4 Å². The molecule has 0 atom stereocenters. The average Bonchev–Trinajstić information content (AvgIpc) is 2.85. The second-order valence-electron chi connectivity index (χ2n) is 10.00. The fraction of sp³-hybridized carbons (Fsp3) is 0.519. The Morgan fingerprint density at radius 1 is 0.970 bits per heavy atom. The Morgan fingerprint density at radius 3 is 2.42 bits per heavy atom. The number of fused-ring (bicyclic) bond motifs is 1. The number of hydrogen-bond donors (Lipinski definition) is 1. The molecule has 0 unspecified atom stereocenters. The third-order valence-electron chi connectivity index (χ3n) is 7.82. The molecule has 2 aromatic carbocycles. The molecule has 5 rings (SSSR count). The smallest absolute Gasteiger partial charge is 0.260 e.